The van der Waals surface area contributed by atoms with Gasteiger partial charge in [-0.05, 0) is 6.42 Å². The van der Waals surface area contributed by atoms with E-state index in [2.05, 4.69) is 24.4 Å². The maximum absolute atomic E-state index is 12.1. The van der Waals surface area contributed by atoms with Gasteiger partial charge in [-0.15, -0.1) is 0 Å². The Morgan fingerprint density at radius 1 is 0.944 bits per heavy atom. The van der Waals surface area contributed by atoms with E-state index in [1.807, 2.05) is 0 Å². The molecule has 0 spiro atoms. The fourth-order valence-electron chi connectivity index (χ4n) is 1.28. The van der Waals surface area contributed by atoms with Gasteiger partial charge in [0.05, 0.1) is 6.61 Å². The molecule has 0 N–H and O–H groups in total. The summed E-state index contributed by atoms with van der Waals surface area (Å²) in [6, 6.07) is 0.815. The van der Waals surface area contributed by atoms with Crippen LogP contribution in [-0.4, -0.2) is 33.6 Å². The Kier molecular flexibility index (Phi) is 6.19. The van der Waals surface area contributed by atoms with Crippen LogP contribution in [-0.2, 0) is 4.74 Å². The summed E-state index contributed by atoms with van der Waals surface area (Å²) < 4.78 is 77.3. The van der Waals surface area contributed by atoms with Crippen molar-refractivity contribution in [1.82, 2.24) is 0 Å². The Bertz CT molecular complexity index is 228. The number of hydrogen-bond donors (Lipinski definition) is 0. The molecule has 0 aromatic rings. The van der Waals surface area contributed by atoms with E-state index in [4.69, 9.17) is 0 Å². The van der Waals surface area contributed by atoms with Gasteiger partial charge in [-0.1, -0.05) is 25.7 Å². The van der Waals surface area contributed by atoms with Gasteiger partial charge in [0.15, 0.2) is 5.92 Å². The molecule has 0 rings (SSSR count). The third kappa shape index (κ3) is 7.96. The maximum atomic E-state index is 12.1. The molecule has 0 fully saturated rings. The summed E-state index contributed by atoms with van der Waals surface area (Å²) >= 11 is 0. The lowest BCUT2D eigenvalue weighted by atomic mass is 10.1. The molecule has 110 valence electrons. The average Bonchev–Trinajstić information content (AvgIpc) is 2.04. The second-order valence-electron chi connectivity index (χ2n) is 5.37. The van der Waals surface area contributed by atoms with Crippen LogP contribution in [0.15, 0.2) is 0 Å². The molecule has 0 atom stereocenters. The van der Waals surface area contributed by atoms with Crippen LogP contribution in [0.3, 0.4) is 0 Å². The zero-order valence-electron chi connectivity index (χ0n) is 10.6. The minimum atomic E-state index is -5.31. The van der Waals surface area contributed by atoms with Crippen molar-refractivity contribution in [2.45, 2.75) is 44.5 Å². The van der Waals surface area contributed by atoms with E-state index in [0.29, 0.717) is 6.42 Å². The molecule has 0 aromatic carbocycles. The van der Waals surface area contributed by atoms with E-state index in [1.165, 1.54) is 0 Å². The van der Waals surface area contributed by atoms with Gasteiger partial charge in [-0.25, -0.2) is 0 Å². The number of ether oxygens (including phenoxy) is 1. The van der Waals surface area contributed by atoms with Crippen molar-refractivity contribution in [3.8, 4) is 0 Å². The first-order valence-corrected chi connectivity index (χ1v) is 9.26. The molecule has 0 unspecified atom stereocenters. The Hall–Kier alpha value is -0.243. The predicted octanol–water partition coefficient (Wildman–Crippen LogP) is 4.47. The second kappa shape index (κ2) is 6.27. The Labute approximate surface area is 104 Å². The fourth-order valence-corrected chi connectivity index (χ4v) is 2.49. The van der Waals surface area contributed by atoms with Crippen LogP contribution >= 0.6 is 0 Å². The highest BCUT2D eigenvalue weighted by atomic mass is 28.3. The molecular formula is C10H18F6OSi. The molecule has 0 aliphatic rings. The van der Waals surface area contributed by atoms with Crippen molar-refractivity contribution in [3.63, 3.8) is 0 Å². The lowest BCUT2D eigenvalue weighted by Crippen LogP contribution is -2.39. The van der Waals surface area contributed by atoms with E-state index >= 15 is 0 Å². The van der Waals surface area contributed by atoms with E-state index in [1.54, 1.807) is 0 Å². The fraction of sp³-hybridized carbons (Fsp3) is 1.00. The molecule has 0 aliphatic carbocycles. The molecule has 0 bridgehead atoms. The van der Waals surface area contributed by atoms with Gasteiger partial charge < -0.3 is 4.74 Å². The van der Waals surface area contributed by atoms with Crippen LogP contribution in [0.25, 0.3) is 0 Å². The zero-order chi connectivity index (χ0) is 14.6. The van der Waals surface area contributed by atoms with Crippen molar-refractivity contribution >= 4 is 8.07 Å². The molecule has 0 saturated carbocycles. The van der Waals surface area contributed by atoms with Crippen molar-refractivity contribution in [3.05, 3.63) is 0 Å². The topological polar surface area (TPSA) is 9.23 Å². The van der Waals surface area contributed by atoms with Crippen LogP contribution in [0.4, 0.5) is 26.3 Å². The molecule has 8 heteroatoms. The highest BCUT2D eigenvalue weighted by molar-refractivity contribution is 6.76. The van der Waals surface area contributed by atoms with E-state index in [9.17, 15) is 26.3 Å². The van der Waals surface area contributed by atoms with Crippen molar-refractivity contribution in [1.29, 1.82) is 0 Å². The third-order valence-electron chi connectivity index (χ3n) is 2.29. The largest absolute Gasteiger partial charge is 0.402 e. The molecule has 0 aromatic heterocycles. The minimum absolute atomic E-state index is 0.0626. The van der Waals surface area contributed by atoms with Gasteiger partial charge >= 0.3 is 12.4 Å². The standard InChI is InChI=1S/C10H18F6OSi/c1-18(2,3)6-4-5-17-7-8(9(11,12)13)10(14,15)16/h8H,4-7H2,1-3H3. The van der Waals surface area contributed by atoms with Crippen LogP contribution in [0.1, 0.15) is 6.42 Å². The molecule has 18 heavy (non-hydrogen) atoms. The smallest absolute Gasteiger partial charge is 0.380 e. The normalized spacial score (nSPS) is 14.3. The molecule has 0 saturated heterocycles. The first-order chi connectivity index (χ1) is 7.84. The number of halogens is 6. The van der Waals surface area contributed by atoms with Gasteiger partial charge in [0.25, 0.3) is 0 Å². The molecule has 0 radical (unpaired) electrons. The van der Waals surface area contributed by atoms with Gasteiger partial charge in [0.1, 0.15) is 0 Å². The van der Waals surface area contributed by atoms with Crippen LogP contribution in [0, 0.1) is 5.92 Å². The lowest BCUT2D eigenvalue weighted by molar-refractivity contribution is -0.294. The zero-order valence-corrected chi connectivity index (χ0v) is 11.6. The van der Waals surface area contributed by atoms with E-state index < -0.39 is 33.0 Å². The minimum Gasteiger partial charge on any atom is -0.380 e. The summed E-state index contributed by atoms with van der Waals surface area (Å²) in [6.07, 6.45) is -10.1. The van der Waals surface area contributed by atoms with Crippen LogP contribution in [0.2, 0.25) is 25.7 Å². The maximum Gasteiger partial charge on any atom is 0.402 e. The summed E-state index contributed by atoms with van der Waals surface area (Å²) in [6.45, 7) is 4.80. The SMILES string of the molecule is C[Si](C)(C)CCCOCC(C(F)(F)F)C(F)(F)F. The second-order valence-corrected chi connectivity index (χ2v) is 11.0. The van der Waals surface area contributed by atoms with Crippen LogP contribution in [0.5, 0.6) is 0 Å². The lowest BCUT2D eigenvalue weighted by Gasteiger charge is -2.23. The van der Waals surface area contributed by atoms with Crippen molar-refractivity contribution in [2.24, 2.45) is 5.92 Å². The highest BCUT2D eigenvalue weighted by Gasteiger charge is 2.56. The Morgan fingerprint density at radius 3 is 1.72 bits per heavy atom. The monoisotopic (exact) mass is 296 g/mol. The van der Waals surface area contributed by atoms with Gasteiger partial charge in [-0.3, -0.25) is 0 Å². The van der Waals surface area contributed by atoms with Crippen LogP contribution < -0.4 is 0 Å². The van der Waals surface area contributed by atoms with Gasteiger partial charge in [-0.2, -0.15) is 26.3 Å². The van der Waals surface area contributed by atoms with Crippen molar-refractivity contribution in [2.75, 3.05) is 13.2 Å². The molecule has 0 amide bonds. The van der Waals surface area contributed by atoms with Gasteiger partial charge in [0.2, 0.25) is 0 Å². The first-order valence-electron chi connectivity index (χ1n) is 5.55. The summed E-state index contributed by atoms with van der Waals surface area (Å²) in [5.74, 6) is -3.39. The summed E-state index contributed by atoms with van der Waals surface area (Å²) in [4.78, 5) is 0. The van der Waals surface area contributed by atoms with Gasteiger partial charge in [0, 0.05) is 14.7 Å². The first kappa shape index (κ1) is 17.8. The highest BCUT2D eigenvalue weighted by Crippen LogP contribution is 2.39. The molecule has 0 aliphatic heterocycles. The summed E-state index contributed by atoms with van der Waals surface area (Å²) in [5.41, 5.74) is 0. The number of hydrogen-bond acceptors (Lipinski definition) is 1. The predicted molar refractivity (Wildman–Crippen MR) is 59.2 cm³/mol. The van der Waals surface area contributed by atoms with E-state index in [-0.39, 0.29) is 6.61 Å². The number of rotatable bonds is 6. The molecule has 1 nitrogen and oxygen atoms in total. The quantitative estimate of drug-likeness (QED) is 0.399. The summed E-state index contributed by atoms with van der Waals surface area (Å²) in [5, 5.41) is 0. The molecular weight excluding hydrogens is 278 g/mol. The average molecular weight is 296 g/mol. The third-order valence-corrected chi connectivity index (χ3v) is 4.14. The van der Waals surface area contributed by atoms with E-state index in [0.717, 1.165) is 6.04 Å². The molecule has 0 heterocycles. The Balaban J connectivity index is 4.08. The Morgan fingerprint density at radius 2 is 1.39 bits per heavy atom. The van der Waals surface area contributed by atoms with Crippen molar-refractivity contribution < 1.29 is 31.1 Å². The summed E-state index contributed by atoms with van der Waals surface area (Å²) in [7, 11) is -1.33. The number of alkyl halides is 6.